The van der Waals surface area contributed by atoms with Crippen LogP contribution < -0.4 is 15.0 Å². The number of aryl methyl sites for hydroxylation is 2. The molecule has 2 aromatic carbocycles. The van der Waals surface area contributed by atoms with E-state index in [0.29, 0.717) is 34.7 Å². The summed E-state index contributed by atoms with van der Waals surface area (Å²) in [6.45, 7) is 7.66. The predicted octanol–water partition coefficient (Wildman–Crippen LogP) is 5.77. The summed E-state index contributed by atoms with van der Waals surface area (Å²) in [7, 11) is 1.46. The van der Waals surface area contributed by atoms with Gasteiger partial charge in [0.25, 0.3) is 11.8 Å². The highest BCUT2D eigenvalue weighted by atomic mass is 16.6. The second-order valence-corrected chi connectivity index (χ2v) is 10.9. The molecule has 0 saturated heterocycles. The lowest BCUT2D eigenvalue weighted by Crippen LogP contribution is -2.32. The van der Waals surface area contributed by atoms with Gasteiger partial charge in [0.15, 0.2) is 0 Å². The van der Waals surface area contributed by atoms with Crippen molar-refractivity contribution < 1.29 is 23.9 Å². The van der Waals surface area contributed by atoms with E-state index in [4.69, 9.17) is 9.47 Å². The summed E-state index contributed by atoms with van der Waals surface area (Å²) in [4.78, 5) is 50.3. The van der Waals surface area contributed by atoms with E-state index in [-0.39, 0.29) is 17.2 Å². The average molecular weight is 556 g/mol. The van der Waals surface area contributed by atoms with E-state index >= 15 is 0 Å². The lowest BCUT2D eigenvalue weighted by Gasteiger charge is -2.23. The van der Waals surface area contributed by atoms with Crippen LogP contribution in [-0.2, 0) is 11.2 Å². The Balaban J connectivity index is 1.42. The summed E-state index contributed by atoms with van der Waals surface area (Å²) >= 11 is 0. The molecule has 5 rings (SSSR count). The van der Waals surface area contributed by atoms with Gasteiger partial charge in [0.2, 0.25) is 0 Å². The average Bonchev–Trinajstić information content (AvgIpc) is 3.13. The third-order valence-corrected chi connectivity index (χ3v) is 6.87. The summed E-state index contributed by atoms with van der Waals surface area (Å²) in [5, 5.41) is 2.89. The van der Waals surface area contributed by atoms with E-state index in [1.54, 1.807) is 81.4 Å². The molecule has 2 aromatic heterocycles. The van der Waals surface area contributed by atoms with Crippen molar-refractivity contribution in [3.05, 3.63) is 77.4 Å². The number of carbonyl (C=O) groups is 3. The summed E-state index contributed by atoms with van der Waals surface area (Å²) in [6, 6.07) is 11.9. The Morgan fingerprint density at radius 2 is 1.85 bits per heavy atom. The van der Waals surface area contributed by atoms with E-state index in [2.05, 4.69) is 15.3 Å². The van der Waals surface area contributed by atoms with E-state index in [9.17, 15) is 14.4 Å². The number of carbonyl (C=O) groups excluding carboxylic acids is 3. The van der Waals surface area contributed by atoms with Crippen molar-refractivity contribution in [2.24, 2.45) is 0 Å². The number of methoxy groups -OCH3 is 1. The van der Waals surface area contributed by atoms with Crippen LogP contribution in [0, 0.1) is 6.92 Å². The number of nitrogens with zero attached hydrogens (tertiary/aromatic N) is 4. The SMILES string of the molecule is COc1cc(C(=O)N2CCCCc3ccncc32)ccc1C(=O)Nc1cccc2c1nc(C)n2C(=O)OC(C)(C)C. The third kappa shape index (κ3) is 5.63. The molecule has 0 atom stereocenters. The van der Waals surface area contributed by atoms with Crippen molar-refractivity contribution in [1.29, 1.82) is 0 Å². The highest BCUT2D eigenvalue weighted by molar-refractivity contribution is 6.12. The Kier molecular flexibility index (Phi) is 7.49. The standard InChI is InChI=1S/C31H33N5O5/c1-19-33-27-23(10-8-11-24(27)36(19)30(39)41-31(2,3)4)34-28(37)22-13-12-21(17-26(22)40-5)29(38)35-16-7-6-9-20-14-15-32-18-25(20)35/h8,10-15,17-18H,6-7,9,16H2,1-5H3,(H,34,37). The second-order valence-electron chi connectivity index (χ2n) is 10.9. The van der Waals surface area contributed by atoms with Crippen LogP contribution in [0.1, 0.15) is 65.7 Å². The smallest absolute Gasteiger partial charge is 0.420 e. The fourth-order valence-electron chi connectivity index (χ4n) is 5.00. The molecule has 2 amide bonds. The number of imidazole rings is 1. The highest BCUT2D eigenvalue weighted by Gasteiger charge is 2.26. The van der Waals surface area contributed by atoms with Crippen LogP contribution in [-0.4, -0.2) is 51.7 Å². The van der Waals surface area contributed by atoms with Crippen LogP contribution in [0.5, 0.6) is 5.75 Å². The van der Waals surface area contributed by atoms with Gasteiger partial charge in [-0.25, -0.2) is 14.3 Å². The fourth-order valence-corrected chi connectivity index (χ4v) is 5.00. The molecule has 1 aliphatic rings. The van der Waals surface area contributed by atoms with Gasteiger partial charge in [-0.05, 0) is 88.9 Å². The minimum absolute atomic E-state index is 0.181. The zero-order valence-corrected chi connectivity index (χ0v) is 23.9. The molecule has 0 aliphatic carbocycles. The van der Waals surface area contributed by atoms with Crippen molar-refractivity contribution in [2.45, 2.75) is 52.6 Å². The van der Waals surface area contributed by atoms with Crippen LogP contribution >= 0.6 is 0 Å². The Morgan fingerprint density at radius 1 is 1.05 bits per heavy atom. The zero-order valence-electron chi connectivity index (χ0n) is 23.9. The first kappa shape index (κ1) is 27.8. The topological polar surface area (TPSA) is 116 Å². The molecule has 4 aromatic rings. The van der Waals surface area contributed by atoms with Crippen LogP contribution in [0.25, 0.3) is 11.0 Å². The highest BCUT2D eigenvalue weighted by Crippen LogP contribution is 2.30. The molecule has 10 heteroatoms. The van der Waals surface area contributed by atoms with Crippen molar-refractivity contribution in [3.8, 4) is 5.75 Å². The molecule has 0 bridgehead atoms. The van der Waals surface area contributed by atoms with E-state index in [0.717, 1.165) is 30.5 Å². The van der Waals surface area contributed by atoms with Gasteiger partial charge in [-0.3, -0.25) is 14.6 Å². The number of pyridine rings is 1. The van der Waals surface area contributed by atoms with Crippen LogP contribution in [0.2, 0.25) is 0 Å². The lowest BCUT2D eigenvalue weighted by atomic mass is 10.1. The first-order valence-corrected chi connectivity index (χ1v) is 13.5. The summed E-state index contributed by atoms with van der Waals surface area (Å²) < 4.78 is 12.5. The quantitative estimate of drug-likeness (QED) is 0.340. The maximum atomic E-state index is 13.6. The number of ether oxygens (including phenoxy) is 2. The van der Waals surface area contributed by atoms with Crippen LogP contribution in [0.3, 0.4) is 0 Å². The molecule has 0 spiro atoms. The first-order chi connectivity index (χ1) is 19.6. The largest absolute Gasteiger partial charge is 0.496 e. The maximum absolute atomic E-state index is 13.6. The molecule has 0 fully saturated rings. The van der Waals surface area contributed by atoms with Crippen LogP contribution in [0.15, 0.2) is 54.9 Å². The Bertz CT molecular complexity index is 1650. The lowest BCUT2D eigenvalue weighted by molar-refractivity contribution is 0.0540. The first-order valence-electron chi connectivity index (χ1n) is 13.5. The third-order valence-electron chi connectivity index (χ3n) is 6.87. The number of para-hydroxylation sites is 1. The molecule has 0 radical (unpaired) electrons. The number of rotatable bonds is 4. The van der Waals surface area contributed by atoms with Crippen molar-refractivity contribution in [1.82, 2.24) is 14.5 Å². The number of hydrogen-bond donors (Lipinski definition) is 1. The van der Waals surface area contributed by atoms with E-state index < -0.39 is 17.6 Å². The summed E-state index contributed by atoms with van der Waals surface area (Å²) in [5.74, 6) is 0.0698. The van der Waals surface area contributed by atoms with Gasteiger partial charge in [-0.1, -0.05) is 6.07 Å². The number of anilines is 2. The van der Waals surface area contributed by atoms with Gasteiger partial charge < -0.3 is 19.7 Å². The van der Waals surface area contributed by atoms with Gasteiger partial charge in [0.1, 0.15) is 22.7 Å². The van der Waals surface area contributed by atoms with Crippen molar-refractivity contribution in [3.63, 3.8) is 0 Å². The fraction of sp³-hybridized carbons (Fsp3) is 0.323. The molecular formula is C31H33N5O5. The number of nitrogens with one attached hydrogen (secondary N) is 1. The number of aromatic nitrogens is 3. The minimum atomic E-state index is -0.677. The minimum Gasteiger partial charge on any atom is -0.496 e. The van der Waals surface area contributed by atoms with E-state index in [1.807, 2.05) is 6.07 Å². The van der Waals surface area contributed by atoms with Crippen LogP contribution in [0.4, 0.5) is 16.2 Å². The molecule has 0 saturated carbocycles. The molecule has 1 N–H and O–H groups in total. The maximum Gasteiger partial charge on any atom is 0.420 e. The number of amides is 2. The molecule has 1 aliphatic heterocycles. The Hall–Kier alpha value is -4.73. The number of fused-ring (bicyclic) bond motifs is 2. The monoisotopic (exact) mass is 555 g/mol. The number of benzene rings is 2. The van der Waals surface area contributed by atoms with Gasteiger partial charge in [0.05, 0.1) is 35.8 Å². The molecule has 41 heavy (non-hydrogen) atoms. The van der Waals surface area contributed by atoms with Gasteiger partial charge >= 0.3 is 6.09 Å². The molecule has 3 heterocycles. The molecule has 10 nitrogen and oxygen atoms in total. The Labute approximate surface area is 238 Å². The molecule has 212 valence electrons. The number of hydrogen-bond acceptors (Lipinski definition) is 7. The van der Waals surface area contributed by atoms with Crippen molar-refractivity contribution >= 4 is 40.3 Å². The van der Waals surface area contributed by atoms with Gasteiger partial charge in [-0.2, -0.15) is 0 Å². The van der Waals surface area contributed by atoms with E-state index in [1.165, 1.54) is 11.7 Å². The van der Waals surface area contributed by atoms with Gasteiger partial charge in [-0.15, -0.1) is 0 Å². The second kappa shape index (κ2) is 11.0. The van der Waals surface area contributed by atoms with Crippen molar-refractivity contribution in [2.75, 3.05) is 23.9 Å². The Morgan fingerprint density at radius 3 is 2.61 bits per heavy atom. The molecular weight excluding hydrogens is 522 g/mol. The summed E-state index contributed by atoms with van der Waals surface area (Å²) in [5.41, 5.74) is 3.26. The normalized spacial score (nSPS) is 13.3. The predicted molar refractivity (Wildman–Crippen MR) is 156 cm³/mol. The molecule has 0 unspecified atom stereocenters. The summed E-state index contributed by atoms with van der Waals surface area (Å²) in [6.07, 6.45) is 5.69. The zero-order chi connectivity index (χ0) is 29.3. The van der Waals surface area contributed by atoms with Gasteiger partial charge in [0, 0.05) is 18.3 Å².